The molecule has 7 heteroatoms. The smallest absolute Gasteiger partial charge is 0.338 e. The van der Waals surface area contributed by atoms with Crippen LogP contribution in [0.5, 0.6) is 0 Å². The fraction of sp³-hybridized carbons (Fsp3) is 0.429. The number of amides is 1. The van der Waals surface area contributed by atoms with Gasteiger partial charge in [0.25, 0.3) is 5.91 Å². The van der Waals surface area contributed by atoms with Gasteiger partial charge in [0.1, 0.15) is 5.82 Å². The Morgan fingerprint density at radius 2 is 2.05 bits per heavy atom. The van der Waals surface area contributed by atoms with Crippen LogP contribution in [0.25, 0.3) is 0 Å². The van der Waals surface area contributed by atoms with Gasteiger partial charge in [-0.05, 0) is 26.0 Å². The van der Waals surface area contributed by atoms with E-state index in [1.54, 1.807) is 13.8 Å². The summed E-state index contributed by atoms with van der Waals surface area (Å²) < 4.78 is 51.8. The number of halogens is 4. The third-order valence-electron chi connectivity index (χ3n) is 2.92. The number of hydrogen-bond donors (Lipinski definition) is 0. The van der Waals surface area contributed by atoms with E-state index in [0.717, 1.165) is 17.0 Å². The number of alkyl halides is 3. The Bertz CT molecular complexity index is 563. The summed E-state index contributed by atoms with van der Waals surface area (Å²) in [6.45, 7) is 3.37. The molecule has 114 valence electrons. The number of benzene rings is 1. The molecular weight excluding hydrogens is 288 g/mol. The molecule has 0 saturated heterocycles. The lowest BCUT2D eigenvalue weighted by atomic mass is 10.1. The first-order valence-electron chi connectivity index (χ1n) is 6.27. The summed E-state index contributed by atoms with van der Waals surface area (Å²) in [5, 5.41) is 8.73. The van der Waals surface area contributed by atoms with Gasteiger partial charge >= 0.3 is 6.18 Å². The maximum atomic E-state index is 13.9. The number of hydrogen-bond acceptors (Lipinski definition) is 2. The second-order valence-corrected chi connectivity index (χ2v) is 4.54. The molecule has 0 saturated carbocycles. The predicted octanol–water partition coefficient (Wildman–Crippen LogP) is 3.47. The Labute approximate surface area is 119 Å². The number of carbonyl (C=O) groups excluding carboxylic acids is 1. The van der Waals surface area contributed by atoms with E-state index >= 15 is 0 Å². The van der Waals surface area contributed by atoms with Gasteiger partial charge in [-0.2, -0.15) is 18.4 Å². The standard InChI is InChI=1S/C14H14F4N2O/c1-3-20(8-9(2)7-19)13(21)10-5-4-6-11(12(10)15)14(16,17)18/h4-6,9H,3,8H2,1-2H3. The van der Waals surface area contributed by atoms with Crippen molar-refractivity contribution in [3.05, 3.63) is 35.1 Å². The summed E-state index contributed by atoms with van der Waals surface area (Å²) in [4.78, 5) is 13.3. The first-order valence-corrected chi connectivity index (χ1v) is 6.27. The van der Waals surface area contributed by atoms with E-state index in [1.165, 1.54) is 0 Å². The highest BCUT2D eigenvalue weighted by Gasteiger charge is 2.36. The SMILES string of the molecule is CCN(CC(C)C#N)C(=O)c1cccc(C(F)(F)F)c1F. The van der Waals surface area contributed by atoms with Gasteiger partial charge in [-0.1, -0.05) is 6.07 Å². The van der Waals surface area contributed by atoms with Gasteiger partial charge in [-0.3, -0.25) is 4.79 Å². The average molecular weight is 302 g/mol. The quantitative estimate of drug-likeness (QED) is 0.799. The molecular formula is C14H14F4N2O. The molecule has 0 radical (unpaired) electrons. The Morgan fingerprint density at radius 3 is 2.52 bits per heavy atom. The Balaban J connectivity index is 3.16. The number of nitriles is 1. The molecule has 3 nitrogen and oxygen atoms in total. The Kier molecular flexibility index (Phi) is 5.30. The minimum Gasteiger partial charge on any atom is -0.338 e. The van der Waals surface area contributed by atoms with E-state index in [-0.39, 0.29) is 13.1 Å². The molecule has 0 spiro atoms. The van der Waals surface area contributed by atoms with E-state index in [0.29, 0.717) is 6.07 Å². The molecule has 0 N–H and O–H groups in total. The monoisotopic (exact) mass is 302 g/mol. The van der Waals surface area contributed by atoms with Crippen LogP contribution in [-0.2, 0) is 6.18 Å². The van der Waals surface area contributed by atoms with Crippen molar-refractivity contribution >= 4 is 5.91 Å². The zero-order chi connectivity index (χ0) is 16.2. The van der Waals surface area contributed by atoms with Crippen molar-refractivity contribution < 1.29 is 22.4 Å². The molecule has 0 aromatic heterocycles. The third-order valence-corrected chi connectivity index (χ3v) is 2.92. The van der Waals surface area contributed by atoms with Crippen LogP contribution in [0.15, 0.2) is 18.2 Å². The second-order valence-electron chi connectivity index (χ2n) is 4.54. The zero-order valence-electron chi connectivity index (χ0n) is 11.5. The van der Waals surface area contributed by atoms with Crippen LogP contribution in [0.4, 0.5) is 17.6 Å². The van der Waals surface area contributed by atoms with Gasteiger partial charge in [0.15, 0.2) is 0 Å². The van der Waals surface area contributed by atoms with E-state index in [9.17, 15) is 22.4 Å². The average Bonchev–Trinajstić information content (AvgIpc) is 2.42. The number of carbonyl (C=O) groups is 1. The summed E-state index contributed by atoms with van der Waals surface area (Å²) in [5.74, 6) is -2.94. The molecule has 0 aliphatic heterocycles. The van der Waals surface area contributed by atoms with Gasteiger partial charge in [-0.15, -0.1) is 0 Å². The second kappa shape index (κ2) is 6.57. The summed E-state index contributed by atoms with van der Waals surface area (Å²) in [6.07, 6.45) is -4.86. The van der Waals surface area contributed by atoms with Crippen molar-refractivity contribution in [3.63, 3.8) is 0 Å². The minimum atomic E-state index is -4.86. The summed E-state index contributed by atoms with van der Waals surface area (Å²) in [5.41, 5.74) is -2.12. The van der Waals surface area contributed by atoms with Gasteiger partial charge in [0.2, 0.25) is 0 Å². The van der Waals surface area contributed by atoms with Crippen molar-refractivity contribution in [2.24, 2.45) is 5.92 Å². The third kappa shape index (κ3) is 3.94. The molecule has 0 heterocycles. The molecule has 1 unspecified atom stereocenters. The maximum Gasteiger partial charge on any atom is 0.419 e. The number of nitrogens with zero attached hydrogens (tertiary/aromatic N) is 2. The molecule has 21 heavy (non-hydrogen) atoms. The Morgan fingerprint density at radius 1 is 1.43 bits per heavy atom. The highest BCUT2D eigenvalue weighted by atomic mass is 19.4. The van der Waals surface area contributed by atoms with Gasteiger partial charge < -0.3 is 4.90 Å². The molecule has 0 fully saturated rings. The number of rotatable bonds is 4. The van der Waals surface area contributed by atoms with Gasteiger partial charge in [0, 0.05) is 13.1 Å². The summed E-state index contributed by atoms with van der Waals surface area (Å²) in [7, 11) is 0. The van der Waals surface area contributed by atoms with E-state index in [2.05, 4.69) is 0 Å². The lowest BCUT2D eigenvalue weighted by Crippen LogP contribution is -2.35. The van der Waals surface area contributed by atoms with E-state index in [1.807, 2.05) is 6.07 Å². The van der Waals surface area contributed by atoms with Crippen LogP contribution >= 0.6 is 0 Å². The van der Waals surface area contributed by atoms with Crippen molar-refractivity contribution in [1.82, 2.24) is 4.90 Å². The van der Waals surface area contributed by atoms with Gasteiger partial charge in [-0.25, -0.2) is 4.39 Å². The van der Waals surface area contributed by atoms with Crippen molar-refractivity contribution in [2.45, 2.75) is 20.0 Å². The first-order chi connectivity index (χ1) is 9.72. The molecule has 1 amide bonds. The van der Waals surface area contributed by atoms with Crippen LogP contribution in [0, 0.1) is 23.1 Å². The molecule has 1 rings (SSSR count). The fourth-order valence-corrected chi connectivity index (χ4v) is 1.81. The van der Waals surface area contributed by atoms with Crippen molar-refractivity contribution in [1.29, 1.82) is 5.26 Å². The predicted molar refractivity (Wildman–Crippen MR) is 67.8 cm³/mol. The molecule has 0 aliphatic carbocycles. The molecule has 1 aromatic carbocycles. The summed E-state index contributed by atoms with van der Waals surface area (Å²) in [6, 6.07) is 4.50. The molecule has 0 aliphatic rings. The normalized spacial score (nSPS) is 12.6. The van der Waals surface area contributed by atoms with Crippen LogP contribution in [-0.4, -0.2) is 23.9 Å². The highest BCUT2D eigenvalue weighted by molar-refractivity contribution is 5.94. The maximum absolute atomic E-state index is 13.9. The molecule has 1 aromatic rings. The lowest BCUT2D eigenvalue weighted by Gasteiger charge is -2.22. The lowest BCUT2D eigenvalue weighted by molar-refractivity contribution is -0.140. The van der Waals surface area contributed by atoms with Crippen molar-refractivity contribution in [3.8, 4) is 6.07 Å². The van der Waals surface area contributed by atoms with E-state index < -0.39 is 34.9 Å². The largest absolute Gasteiger partial charge is 0.419 e. The molecule has 1 atom stereocenters. The van der Waals surface area contributed by atoms with Crippen LogP contribution < -0.4 is 0 Å². The summed E-state index contributed by atoms with van der Waals surface area (Å²) >= 11 is 0. The van der Waals surface area contributed by atoms with Crippen LogP contribution in [0.2, 0.25) is 0 Å². The zero-order valence-corrected chi connectivity index (χ0v) is 11.5. The fourth-order valence-electron chi connectivity index (χ4n) is 1.81. The van der Waals surface area contributed by atoms with Crippen LogP contribution in [0.3, 0.4) is 0 Å². The van der Waals surface area contributed by atoms with Crippen molar-refractivity contribution in [2.75, 3.05) is 13.1 Å². The topological polar surface area (TPSA) is 44.1 Å². The van der Waals surface area contributed by atoms with Crippen LogP contribution in [0.1, 0.15) is 29.8 Å². The van der Waals surface area contributed by atoms with E-state index in [4.69, 9.17) is 5.26 Å². The van der Waals surface area contributed by atoms with Gasteiger partial charge in [0.05, 0.1) is 23.1 Å². The molecule has 0 bridgehead atoms. The Hall–Kier alpha value is -2.10. The first kappa shape index (κ1) is 17.0. The highest BCUT2D eigenvalue weighted by Crippen LogP contribution is 2.32. The minimum absolute atomic E-state index is 0.0293.